The number of methoxy groups -OCH3 is 2. The molecular weight excluding hydrogens is 603 g/mol. The highest BCUT2D eigenvalue weighted by atomic mass is 19.1. The van der Waals surface area contributed by atoms with E-state index >= 15 is 0 Å². The molecule has 0 unspecified atom stereocenters. The van der Waals surface area contributed by atoms with E-state index in [1.807, 2.05) is 6.92 Å². The highest BCUT2D eigenvalue weighted by molar-refractivity contribution is 6.04. The van der Waals surface area contributed by atoms with Crippen molar-refractivity contribution in [2.75, 3.05) is 32.8 Å². The van der Waals surface area contributed by atoms with E-state index in [1.165, 1.54) is 33.3 Å². The van der Waals surface area contributed by atoms with E-state index in [2.05, 4.69) is 10.3 Å². The zero-order valence-corrected chi connectivity index (χ0v) is 27.0. The van der Waals surface area contributed by atoms with Gasteiger partial charge in [0.25, 0.3) is 5.91 Å². The number of hydrogen-bond donors (Lipinski definition) is 5. The Labute approximate surface area is 268 Å². The molecule has 0 saturated heterocycles. The van der Waals surface area contributed by atoms with Gasteiger partial charge in [0, 0.05) is 43.6 Å². The van der Waals surface area contributed by atoms with E-state index in [-0.39, 0.29) is 59.3 Å². The normalized spacial score (nSPS) is 28.0. The zero-order valence-electron chi connectivity index (χ0n) is 27.0. The van der Waals surface area contributed by atoms with E-state index in [0.717, 1.165) is 12.3 Å². The summed E-state index contributed by atoms with van der Waals surface area (Å²) in [5.74, 6) is -2.83. The molecule has 1 aromatic carbocycles. The van der Waals surface area contributed by atoms with Crippen molar-refractivity contribution < 1.29 is 47.9 Å². The first-order chi connectivity index (χ1) is 21.8. The first-order valence-electron chi connectivity index (χ1n) is 14.7. The average molecular weight is 649 g/mol. The minimum Gasteiger partial charge on any atom is -0.506 e. The van der Waals surface area contributed by atoms with Gasteiger partial charge in [-0.25, -0.2) is 9.18 Å². The van der Waals surface area contributed by atoms with Gasteiger partial charge in [-0.05, 0) is 38.2 Å². The van der Waals surface area contributed by atoms with E-state index in [4.69, 9.17) is 30.4 Å². The third kappa shape index (κ3) is 10.4. The first-order valence-corrected chi connectivity index (χ1v) is 14.7. The minimum absolute atomic E-state index is 0.0563. The number of amides is 2. The number of anilines is 1. The second-order valence-corrected chi connectivity index (χ2v) is 11.1. The maximum Gasteiger partial charge on any atom is 0.405 e. The van der Waals surface area contributed by atoms with Gasteiger partial charge in [-0.2, -0.15) is 0 Å². The highest BCUT2D eigenvalue weighted by Gasteiger charge is 2.33. The highest BCUT2D eigenvalue weighted by Crippen LogP contribution is 2.44. The van der Waals surface area contributed by atoms with Gasteiger partial charge in [0.05, 0.1) is 18.3 Å². The third-order valence-corrected chi connectivity index (χ3v) is 7.49. The summed E-state index contributed by atoms with van der Waals surface area (Å²) >= 11 is 0. The largest absolute Gasteiger partial charge is 0.506 e. The SMILES string of the molecule is CO[C@H]1/C=C\C=C(/C)C(=O)Nc2cc(O)c(N=CCF)c(c2O)C[C@@H](C)C[C@H](OC)[C@H](OC(=O)CN)[C@@H](C)/C=C(\C)[C@@H]1OC(N)=O. The number of nitrogens with two attached hydrogens (primary N) is 2. The van der Waals surface area contributed by atoms with Crippen LogP contribution in [0.2, 0.25) is 0 Å². The summed E-state index contributed by atoms with van der Waals surface area (Å²) in [4.78, 5) is 41.4. The number of hydrogen-bond acceptors (Lipinski definition) is 11. The molecule has 2 bridgehead atoms. The summed E-state index contributed by atoms with van der Waals surface area (Å²) in [6.45, 7) is 5.57. The molecule has 46 heavy (non-hydrogen) atoms. The summed E-state index contributed by atoms with van der Waals surface area (Å²) in [6.07, 6.45) is 3.19. The Balaban J connectivity index is 2.79. The van der Waals surface area contributed by atoms with Gasteiger partial charge < -0.3 is 45.9 Å². The van der Waals surface area contributed by atoms with Crippen LogP contribution in [0.3, 0.4) is 0 Å². The number of fused-ring (bicyclic) bond motifs is 2. The van der Waals surface area contributed by atoms with Gasteiger partial charge in [-0.15, -0.1) is 0 Å². The quantitative estimate of drug-likeness (QED) is 0.0952. The number of esters is 1. The summed E-state index contributed by atoms with van der Waals surface area (Å²) < 4.78 is 35.6. The lowest BCUT2D eigenvalue weighted by Crippen LogP contribution is -2.41. The van der Waals surface area contributed by atoms with Crippen LogP contribution in [0.1, 0.15) is 39.7 Å². The molecule has 0 saturated carbocycles. The summed E-state index contributed by atoms with van der Waals surface area (Å²) in [5, 5.41) is 24.6. The number of carbonyl (C=O) groups excluding carboxylic acids is 3. The van der Waals surface area contributed by atoms with Gasteiger partial charge in [0.2, 0.25) is 0 Å². The van der Waals surface area contributed by atoms with Crippen molar-refractivity contribution in [1.82, 2.24) is 0 Å². The van der Waals surface area contributed by atoms with Crippen molar-refractivity contribution in [1.29, 1.82) is 0 Å². The molecular formula is C32H45FN4O9. The molecule has 7 N–H and O–H groups in total. The Morgan fingerprint density at radius 2 is 1.87 bits per heavy atom. The molecule has 0 radical (unpaired) electrons. The fourth-order valence-corrected chi connectivity index (χ4v) is 5.23. The predicted molar refractivity (Wildman–Crippen MR) is 171 cm³/mol. The molecule has 1 heterocycles. The number of benzene rings is 1. The average Bonchev–Trinajstić information content (AvgIpc) is 3.01. The van der Waals surface area contributed by atoms with Crippen LogP contribution in [0.25, 0.3) is 0 Å². The van der Waals surface area contributed by atoms with Crippen molar-refractivity contribution in [2.45, 2.75) is 65.0 Å². The molecule has 254 valence electrons. The van der Waals surface area contributed by atoms with Crippen molar-refractivity contribution in [3.05, 3.63) is 47.1 Å². The number of alkyl halides is 1. The van der Waals surface area contributed by atoms with Crippen LogP contribution in [0.5, 0.6) is 11.5 Å². The Morgan fingerprint density at radius 3 is 2.46 bits per heavy atom. The van der Waals surface area contributed by atoms with E-state index in [0.29, 0.717) is 5.57 Å². The molecule has 2 amide bonds. The Hall–Kier alpha value is -4.27. The topological polar surface area (TPSA) is 205 Å². The number of ether oxygens (including phenoxy) is 4. The number of carbonyl (C=O) groups is 3. The lowest BCUT2D eigenvalue weighted by molar-refractivity contribution is -0.158. The van der Waals surface area contributed by atoms with Crippen LogP contribution < -0.4 is 16.8 Å². The standard InChI is InChI=1S/C32H45FN4O9/c1-17-12-21-27(36-11-10-33)23(38)15-22(28(21)40)37-31(41)18(2)8-7-9-24(43-5)29(46-32(35)42)19(3)14-20(4)30(25(13-17)44-6)45-26(39)16-34/h7-9,11,14-15,17,20,24-25,29-30,38,40H,10,12-13,16,34H2,1-6H3,(H2,35,42)(H,37,41)/b9-7-,18-8+,19-14+,36-11?/t17-,20+,24+,25+,29+,30-/m1/s1. The molecule has 0 aliphatic carbocycles. The van der Waals surface area contributed by atoms with Crippen LogP contribution in [-0.2, 0) is 35.0 Å². The predicted octanol–water partition coefficient (Wildman–Crippen LogP) is 3.74. The number of primary amides is 1. The molecule has 1 aliphatic heterocycles. The van der Waals surface area contributed by atoms with Gasteiger partial charge in [-0.3, -0.25) is 14.6 Å². The summed E-state index contributed by atoms with van der Waals surface area (Å²) in [5.41, 5.74) is 11.7. The lowest BCUT2D eigenvalue weighted by Gasteiger charge is -2.32. The fraction of sp³-hybridized carbons (Fsp3) is 0.500. The Kier molecular flexibility index (Phi) is 14.9. The van der Waals surface area contributed by atoms with Crippen molar-refractivity contribution in [3.8, 4) is 11.5 Å². The number of halogens is 1. The van der Waals surface area contributed by atoms with Crippen LogP contribution in [0, 0.1) is 11.8 Å². The maximum absolute atomic E-state index is 13.0. The number of nitrogens with zero attached hydrogens (tertiary/aromatic N) is 1. The third-order valence-electron chi connectivity index (χ3n) is 7.49. The molecule has 13 nitrogen and oxygen atoms in total. The number of phenolic OH excluding ortho intramolecular Hbond substituents is 2. The summed E-state index contributed by atoms with van der Waals surface area (Å²) in [6, 6.07) is 1.13. The number of aliphatic imine (C=N–C) groups is 1. The van der Waals surface area contributed by atoms with Crippen LogP contribution >= 0.6 is 0 Å². The van der Waals surface area contributed by atoms with Crippen molar-refractivity contribution in [3.63, 3.8) is 0 Å². The Bertz CT molecular complexity index is 1360. The molecule has 6 atom stereocenters. The smallest absolute Gasteiger partial charge is 0.405 e. The molecule has 0 aromatic heterocycles. The van der Waals surface area contributed by atoms with E-state index in [9.17, 15) is 29.0 Å². The van der Waals surface area contributed by atoms with Gasteiger partial charge in [-0.1, -0.05) is 38.2 Å². The number of aromatic hydroxyl groups is 2. The van der Waals surface area contributed by atoms with Crippen molar-refractivity contribution in [2.24, 2.45) is 28.3 Å². The summed E-state index contributed by atoms with van der Waals surface area (Å²) in [7, 11) is 2.86. The molecule has 0 fully saturated rings. The number of rotatable bonds is 7. The second-order valence-electron chi connectivity index (χ2n) is 11.1. The molecule has 1 aliphatic rings. The minimum atomic E-state index is -1.04. The molecule has 2 rings (SSSR count). The van der Waals surface area contributed by atoms with Gasteiger partial charge >= 0.3 is 12.1 Å². The molecule has 0 spiro atoms. The van der Waals surface area contributed by atoms with Crippen LogP contribution in [-0.4, -0.2) is 86.3 Å². The van der Waals surface area contributed by atoms with Crippen molar-refractivity contribution >= 4 is 35.6 Å². The van der Waals surface area contributed by atoms with Gasteiger partial charge in [0.15, 0.2) is 6.10 Å². The van der Waals surface area contributed by atoms with E-state index in [1.54, 1.807) is 26.0 Å². The fourth-order valence-electron chi connectivity index (χ4n) is 5.23. The monoisotopic (exact) mass is 648 g/mol. The molecule has 14 heteroatoms. The van der Waals surface area contributed by atoms with Crippen LogP contribution in [0.4, 0.5) is 20.6 Å². The number of phenols is 2. The molecule has 1 aromatic rings. The second kappa shape index (κ2) is 18.0. The maximum atomic E-state index is 13.0. The van der Waals surface area contributed by atoms with E-state index < -0.39 is 55.0 Å². The van der Waals surface area contributed by atoms with Crippen LogP contribution in [0.15, 0.2) is 46.5 Å². The number of nitrogens with one attached hydrogen (secondary N) is 1. The Morgan fingerprint density at radius 1 is 1.17 bits per heavy atom. The first kappa shape index (κ1) is 37.9. The lowest BCUT2D eigenvalue weighted by atomic mass is 9.87. The van der Waals surface area contributed by atoms with Gasteiger partial charge in [0.1, 0.15) is 36.1 Å². The number of allylic oxidation sites excluding steroid dienone is 2. The zero-order chi connectivity index (χ0) is 34.6.